The maximum atomic E-state index is 6.27. The summed E-state index contributed by atoms with van der Waals surface area (Å²) in [6.07, 6.45) is 0. The lowest BCUT2D eigenvalue weighted by molar-refractivity contribution is 0.947. The molecule has 0 heterocycles. The van der Waals surface area contributed by atoms with Crippen molar-refractivity contribution >= 4 is 150 Å². The maximum absolute atomic E-state index is 6.27. The molecule has 0 aliphatic heterocycles. The van der Waals surface area contributed by atoms with Gasteiger partial charge in [0.1, 0.15) is 0 Å². The molecule has 0 saturated heterocycles. The SMILES string of the molecule is Nc1c(Br)cc(C(c2ccc(C(c3cc(Br)c(N)c(Br)c3)c3cc(Br)c(N)c(Br)c3)cc2)c2cc(Br)c(N)c(Br)c2)cc1Br. The second kappa shape index (κ2) is 14.1. The van der Waals surface area contributed by atoms with E-state index < -0.39 is 0 Å². The van der Waals surface area contributed by atoms with Gasteiger partial charge in [-0.3, -0.25) is 0 Å². The average molecular weight is 1100 g/mol. The molecule has 0 atom stereocenters. The van der Waals surface area contributed by atoms with E-state index in [0.717, 1.165) is 69.2 Å². The minimum atomic E-state index is -0.122. The molecule has 0 aliphatic carbocycles. The fourth-order valence-electron chi connectivity index (χ4n) is 5.12. The highest BCUT2D eigenvalue weighted by atomic mass is 79.9. The second-order valence-electron chi connectivity index (χ2n) is 10.1. The van der Waals surface area contributed by atoms with Crippen LogP contribution in [0, 0.1) is 0 Å². The molecule has 0 saturated carbocycles. The van der Waals surface area contributed by atoms with Gasteiger partial charge in [-0.1, -0.05) is 24.3 Å². The second-order valence-corrected chi connectivity index (χ2v) is 17.0. The maximum Gasteiger partial charge on any atom is 0.0603 e. The van der Waals surface area contributed by atoms with Crippen molar-refractivity contribution in [1.29, 1.82) is 0 Å². The van der Waals surface area contributed by atoms with E-state index in [1.165, 1.54) is 0 Å². The highest BCUT2D eigenvalue weighted by molar-refractivity contribution is 9.12. The number of halogens is 8. The van der Waals surface area contributed by atoms with Crippen LogP contribution in [0.15, 0.2) is 109 Å². The number of anilines is 4. The first kappa shape index (κ1) is 34.5. The van der Waals surface area contributed by atoms with Crippen molar-refractivity contribution in [3.05, 3.63) is 142 Å². The molecule has 5 rings (SSSR count). The number of nitrogens with two attached hydrogens (primary N) is 4. The highest BCUT2D eigenvalue weighted by Gasteiger charge is 2.24. The Morgan fingerprint density at radius 1 is 0.295 bits per heavy atom. The van der Waals surface area contributed by atoms with Crippen LogP contribution in [0.2, 0.25) is 0 Å². The molecular formula is C32H22Br8N4. The van der Waals surface area contributed by atoms with E-state index >= 15 is 0 Å². The summed E-state index contributed by atoms with van der Waals surface area (Å²) < 4.78 is 6.53. The first-order valence-electron chi connectivity index (χ1n) is 12.8. The molecule has 0 aromatic heterocycles. The van der Waals surface area contributed by atoms with Crippen LogP contribution in [0.5, 0.6) is 0 Å². The van der Waals surface area contributed by atoms with Crippen LogP contribution in [0.1, 0.15) is 45.2 Å². The van der Waals surface area contributed by atoms with Gasteiger partial charge in [0.15, 0.2) is 0 Å². The van der Waals surface area contributed by atoms with Crippen LogP contribution < -0.4 is 22.9 Å². The predicted molar refractivity (Wildman–Crippen MR) is 213 cm³/mol. The lowest BCUT2D eigenvalue weighted by Gasteiger charge is -2.24. The zero-order valence-electron chi connectivity index (χ0n) is 22.4. The Bertz CT molecular complexity index is 1570. The van der Waals surface area contributed by atoms with Gasteiger partial charge in [-0.05, 0) is 209 Å². The standard InChI is InChI=1S/C32H22Br8N4/c33-19-5-15(6-20(34)29(19)41)27(16-7-21(35)30(42)22(36)8-16)13-1-2-14(4-3-13)28(17-9-23(37)31(43)24(38)10-17)18-11-25(39)32(44)26(40)12-18/h1-12,27-28H,41-44H2. The largest absolute Gasteiger partial charge is 0.397 e. The number of hydrogen-bond acceptors (Lipinski definition) is 4. The van der Waals surface area contributed by atoms with Crippen molar-refractivity contribution < 1.29 is 0 Å². The Morgan fingerprint density at radius 2 is 0.455 bits per heavy atom. The van der Waals surface area contributed by atoms with E-state index in [9.17, 15) is 0 Å². The lowest BCUT2D eigenvalue weighted by atomic mass is 9.81. The fourth-order valence-corrected chi connectivity index (χ4v) is 10.0. The van der Waals surface area contributed by atoms with Gasteiger partial charge < -0.3 is 22.9 Å². The van der Waals surface area contributed by atoms with E-state index in [1.54, 1.807) is 0 Å². The van der Waals surface area contributed by atoms with Gasteiger partial charge in [-0.15, -0.1) is 0 Å². The van der Waals surface area contributed by atoms with Crippen molar-refractivity contribution in [3.8, 4) is 0 Å². The van der Waals surface area contributed by atoms with Gasteiger partial charge in [0.25, 0.3) is 0 Å². The molecule has 8 N–H and O–H groups in total. The lowest BCUT2D eigenvalue weighted by Crippen LogP contribution is -2.08. The van der Waals surface area contributed by atoms with Crippen LogP contribution in [-0.2, 0) is 0 Å². The molecule has 44 heavy (non-hydrogen) atoms. The topological polar surface area (TPSA) is 104 Å². The quantitative estimate of drug-likeness (QED) is 0.100. The molecule has 0 radical (unpaired) electrons. The van der Waals surface area contributed by atoms with Gasteiger partial charge in [-0.2, -0.15) is 0 Å². The zero-order chi connectivity index (χ0) is 32.0. The summed E-state index contributed by atoms with van der Waals surface area (Å²) in [4.78, 5) is 0. The molecule has 4 nitrogen and oxygen atoms in total. The summed E-state index contributed by atoms with van der Waals surface area (Å²) in [6, 6.07) is 25.2. The van der Waals surface area contributed by atoms with Crippen molar-refractivity contribution in [2.45, 2.75) is 11.8 Å². The van der Waals surface area contributed by atoms with E-state index in [4.69, 9.17) is 22.9 Å². The van der Waals surface area contributed by atoms with Crippen LogP contribution in [0.25, 0.3) is 0 Å². The van der Waals surface area contributed by atoms with Crippen LogP contribution >= 0.6 is 127 Å². The van der Waals surface area contributed by atoms with Crippen molar-refractivity contribution in [3.63, 3.8) is 0 Å². The smallest absolute Gasteiger partial charge is 0.0603 e. The zero-order valence-corrected chi connectivity index (χ0v) is 35.1. The third-order valence-corrected chi connectivity index (χ3v) is 12.6. The molecule has 0 unspecified atom stereocenters. The van der Waals surface area contributed by atoms with Gasteiger partial charge >= 0.3 is 0 Å². The van der Waals surface area contributed by atoms with Crippen molar-refractivity contribution in [2.24, 2.45) is 0 Å². The molecule has 5 aromatic carbocycles. The average Bonchev–Trinajstić information content (AvgIpc) is 2.97. The van der Waals surface area contributed by atoms with Gasteiger partial charge in [-0.25, -0.2) is 0 Å². The minimum Gasteiger partial charge on any atom is -0.397 e. The Labute approximate surface area is 323 Å². The third kappa shape index (κ3) is 7.02. The Hall–Kier alpha value is -0.860. The third-order valence-electron chi connectivity index (χ3n) is 7.34. The van der Waals surface area contributed by atoms with E-state index in [2.05, 4.69) is 200 Å². The van der Waals surface area contributed by atoms with Gasteiger partial charge in [0.2, 0.25) is 0 Å². The predicted octanol–water partition coefficient (Wildman–Crippen LogP) is 12.5. The monoisotopic (exact) mass is 1090 g/mol. The Kier molecular flexibility index (Phi) is 11.0. The Balaban J connectivity index is 1.70. The number of benzene rings is 5. The van der Waals surface area contributed by atoms with E-state index in [0.29, 0.717) is 22.7 Å². The molecule has 0 bridgehead atoms. The molecule has 0 fully saturated rings. The van der Waals surface area contributed by atoms with Crippen LogP contribution in [-0.4, -0.2) is 0 Å². The summed E-state index contributed by atoms with van der Waals surface area (Å²) in [6.45, 7) is 0. The molecule has 226 valence electrons. The van der Waals surface area contributed by atoms with Crippen LogP contribution in [0.4, 0.5) is 22.7 Å². The molecule has 0 spiro atoms. The first-order chi connectivity index (χ1) is 20.8. The molecular weight excluding hydrogens is 1080 g/mol. The van der Waals surface area contributed by atoms with Gasteiger partial charge in [0.05, 0.1) is 22.7 Å². The van der Waals surface area contributed by atoms with Crippen molar-refractivity contribution in [1.82, 2.24) is 0 Å². The molecule has 5 aromatic rings. The summed E-state index contributed by atoms with van der Waals surface area (Å²) in [5.41, 5.74) is 34.1. The van der Waals surface area contributed by atoms with E-state index in [-0.39, 0.29) is 11.8 Å². The first-order valence-corrected chi connectivity index (χ1v) is 19.2. The number of hydrogen-bond donors (Lipinski definition) is 4. The minimum absolute atomic E-state index is 0.122. The summed E-state index contributed by atoms with van der Waals surface area (Å²) in [5.74, 6) is -0.243. The molecule has 0 aliphatic rings. The Morgan fingerprint density at radius 3 is 0.614 bits per heavy atom. The van der Waals surface area contributed by atoms with E-state index in [1.807, 2.05) is 0 Å². The molecule has 12 heteroatoms. The van der Waals surface area contributed by atoms with Crippen LogP contribution in [0.3, 0.4) is 0 Å². The number of rotatable bonds is 6. The number of nitrogen functional groups attached to an aromatic ring is 4. The van der Waals surface area contributed by atoms with Gasteiger partial charge in [0, 0.05) is 47.6 Å². The fraction of sp³-hybridized carbons (Fsp3) is 0.0625. The van der Waals surface area contributed by atoms with Crippen molar-refractivity contribution in [2.75, 3.05) is 22.9 Å². The molecule has 0 amide bonds. The normalized spacial score (nSPS) is 11.5. The summed E-state index contributed by atoms with van der Waals surface area (Å²) in [5, 5.41) is 0. The highest BCUT2D eigenvalue weighted by Crippen LogP contribution is 2.44. The summed E-state index contributed by atoms with van der Waals surface area (Å²) >= 11 is 29.1. The summed E-state index contributed by atoms with van der Waals surface area (Å²) in [7, 11) is 0.